The molecule has 4 N–H and O–H groups in total. The summed E-state index contributed by atoms with van der Waals surface area (Å²) in [4.78, 5) is 22.3. The van der Waals surface area contributed by atoms with E-state index in [0.717, 1.165) is 5.56 Å². The van der Waals surface area contributed by atoms with Gasteiger partial charge in [0.1, 0.15) is 0 Å². The summed E-state index contributed by atoms with van der Waals surface area (Å²) in [6.07, 6.45) is 3.36. The minimum absolute atomic E-state index is 0.102. The van der Waals surface area contributed by atoms with Crippen LogP contribution in [0.5, 0.6) is 0 Å². The van der Waals surface area contributed by atoms with Crippen LogP contribution in [0.1, 0.15) is 12.0 Å². The number of carbonyl (C=O) groups excluding carboxylic acids is 2. The second-order valence-corrected chi connectivity index (χ2v) is 3.72. The molecule has 1 aromatic rings. The quantitative estimate of drug-likeness (QED) is 0.524. The first-order valence-electron chi connectivity index (χ1n) is 5.64. The predicted octanol–water partition coefficient (Wildman–Crippen LogP) is 0.534. The highest BCUT2D eigenvalue weighted by atomic mass is 16.2. The van der Waals surface area contributed by atoms with E-state index in [1.165, 1.54) is 6.08 Å². The number of amides is 2. The van der Waals surface area contributed by atoms with Crippen LogP contribution in [0.15, 0.2) is 30.3 Å². The normalized spacial score (nSPS) is 10.3. The fraction of sp³-hybridized carbons (Fsp3) is 0.231. The van der Waals surface area contributed by atoms with Crippen molar-refractivity contribution in [3.63, 3.8) is 0 Å². The van der Waals surface area contributed by atoms with Crippen molar-refractivity contribution >= 4 is 23.6 Å². The van der Waals surface area contributed by atoms with Crippen molar-refractivity contribution in [2.24, 2.45) is 0 Å². The molecule has 0 fully saturated rings. The van der Waals surface area contributed by atoms with Crippen LogP contribution < -0.4 is 16.4 Å². The van der Waals surface area contributed by atoms with Gasteiger partial charge in [-0.15, -0.1) is 0 Å². The van der Waals surface area contributed by atoms with Gasteiger partial charge in [0.2, 0.25) is 11.8 Å². The van der Waals surface area contributed by atoms with Gasteiger partial charge in [0.05, 0.1) is 0 Å². The Bertz CT molecular complexity index is 455. The third-order valence-corrected chi connectivity index (χ3v) is 2.27. The second-order valence-electron chi connectivity index (χ2n) is 3.72. The summed E-state index contributed by atoms with van der Waals surface area (Å²) < 4.78 is 0. The van der Waals surface area contributed by atoms with Crippen LogP contribution in [-0.2, 0) is 9.59 Å². The molecule has 0 radical (unpaired) electrons. The average Bonchev–Trinajstić information content (AvgIpc) is 2.36. The first kappa shape index (κ1) is 13.8. The average molecular weight is 247 g/mol. The van der Waals surface area contributed by atoms with E-state index in [9.17, 15) is 9.59 Å². The number of hydrogen-bond donors (Lipinski definition) is 3. The number of carbonyl (C=O) groups is 2. The maximum absolute atomic E-state index is 11.4. The van der Waals surface area contributed by atoms with Crippen LogP contribution in [0.3, 0.4) is 0 Å². The smallest absolute Gasteiger partial charge is 0.244 e. The third kappa shape index (κ3) is 5.16. The molecule has 0 saturated carbocycles. The zero-order valence-electron chi connectivity index (χ0n) is 10.3. The van der Waals surface area contributed by atoms with Gasteiger partial charge >= 0.3 is 0 Å². The lowest BCUT2D eigenvalue weighted by Gasteiger charge is -2.01. The molecular formula is C13H17N3O2. The second kappa shape index (κ2) is 7.11. The van der Waals surface area contributed by atoms with E-state index < -0.39 is 0 Å². The number of hydrogen-bond acceptors (Lipinski definition) is 3. The molecule has 96 valence electrons. The number of anilines is 1. The van der Waals surface area contributed by atoms with Gasteiger partial charge in [-0.2, -0.15) is 0 Å². The van der Waals surface area contributed by atoms with E-state index in [2.05, 4.69) is 10.6 Å². The maximum Gasteiger partial charge on any atom is 0.244 e. The van der Waals surface area contributed by atoms with Crippen molar-refractivity contribution < 1.29 is 9.59 Å². The van der Waals surface area contributed by atoms with Crippen LogP contribution in [-0.4, -0.2) is 25.4 Å². The van der Waals surface area contributed by atoms with Gasteiger partial charge in [0.15, 0.2) is 0 Å². The summed E-state index contributed by atoms with van der Waals surface area (Å²) >= 11 is 0. The van der Waals surface area contributed by atoms with Crippen LogP contribution >= 0.6 is 0 Å². The summed E-state index contributed by atoms with van der Waals surface area (Å²) in [6.45, 7) is 0.319. The summed E-state index contributed by atoms with van der Waals surface area (Å²) in [7, 11) is 1.56. The SMILES string of the molecule is CNC(=O)CCNC(=O)/C=C/c1cccc(N)c1. The Labute approximate surface area is 106 Å². The lowest BCUT2D eigenvalue weighted by atomic mass is 10.2. The zero-order valence-corrected chi connectivity index (χ0v) is 10.3. The minimum atomic E-state index is -0.235. The van der Waals surface area contributed by atoms with Gasteiger partial charge in [-0.05, 0) is 23.8 Å². The monoisotopic (exact) mass is 247 g/mol. The van der Waals surface area contributed by atoms with Crippen molar-refractivity contribution in [3.05, 3.63) is 35.9 Å². The summed E-state index contributed by atoms with van der Waals surface area (Å²) in [5.74, 6) is -0.337. The molecule has 5 heteroatoms. The number of nitrogens with two attached hydrogens (primary N) is 1. The van der Waals surface area contributed by atoms with Crippen molar-refractivity contribution in [2.75, 3.05) is 19.3 Å². The Kier molecular flexibility index (Phi) is 5.44. The Balaban J connectivity index is 2.38. The van der Waals surface area contributed by atoms with Crippen LogP contribution in [0.2, 0.25) is 0 Å². The van der Waals surface area contributed by atoms with Gasteiger partial charge in [0, 0.05) is 31.8 Å². The Morgan fingerprint density at radius 1 is 1.39 bits per heavy atom. The fourth-order valence-electron chi connectivity index (χ4n) is 1.32. The van der Waals surface area contributed by atoms with Crippen molar-refractivity contribution in [1.82, 2.24) is 10.6 Å². The minimum Gasteiger partial charge on any atom is -0.399 e. The first-order chi connectivity index (χ1) is 8.61. The van der Waals surface area contributed by atoms with E-state index in [1.54, 1.807) is 25.3 Å². The van der Waals surface area contributed by atoms with Crippen LogP contribution in [0, 0.1) is 0 Å². The van der Waals surface area contributed by atoms with Crippen molar-refractivity contribution in [1.29, 1.82) is 0 Å². The fourth-order valence-corrected chi connectivity index (χ4v) is 1.32. The third-order valence-electron chi connectivity index (χ3n) is 2.27. The highest BCUT2D eigenvalue weighted by Gasteiger charge is 1.99. The number of nitrogen functional groups attached to an aromatic ring is 1. The number of nitrogens with one attached hydrogen (secondary N) is 2. The molecule has 0 bridgehead atoms. The predicted molar refractivity (Wildman–Crippen MR) is 71.6 cm³/mol. The van der Waals surface area contributed by atoms with E-state index in [-0.39, 0.29) is 18.2 Å². The molecule has 1 rings (SSSR count). The molecule has 0 aromatic heterocycles. The first-order valence-corrected chi connectivity index (χ1v) is 5.64. The molecule has 0 aliphatic carbocycles. The van der Waals surface area contributed by atoms with E-state index in [1.807, 2.05) is 12.1 Å². The molecule has 0 atom stereocenters. The highest BCUT2D eigenvalue weighted by Crippen LogP contribution is 2.07. The van der Waals surface area contributed by atoms with Crippen LogP contribution in [0.25, 0.3) is 6.08 Å². The topological polar surface area (TPSA) is 84.2 Å². The lowest BCUT2D eigenvalue weighted by molar-refractivity contribution is -0.120. The molecule has 2 amide bonds. The molecule has 0 saturated heterocycles. The Morgan fingerprint density at radius 3 is 2.83 bits per heavy atom. The largest absolute Gasteiger partial charge is 0.399 e. The van der Waals surface area contributed by atoms with E-state index >= 15 is 0 Å². The molecule has 0 aliphatic heterocycles. The molecule has 1 aromatic carbocycles. The summed E-state index contributed by atoms with van der Waals surface area (Å²) in [5.41, 5.74) is 7.12. The van der Waals surface area contributed by atoms with E-state index in [4.69, 9.17) is 5.73 Å². The molecule has 0 spiro atoms. The Hall–Kier alpha value is -2.30. The zero-order chi connectivity index (χ0) is 13.4. The van der Waals surface area contributed by atoms with Gasteiger partial charge in [0.25, 0.3) is 0 Å². The van der Waals surface area contributed by atoms with Gasteiger partial charge in [-0.25, -0.2) is 0 Å². The van der Waals surface area contributed by atoms with Gasteiger partial charge in [-0.3, -0.25) is 9.59 Å². The van der Waals surface area contributed by atoms with Crippen molar-refractivity contribution in [2.45, 2.75) is 6.42 Å². The molecule has 0 aliphatic rings. The lowest BCUT2D eigenvalue weighted by Crippen LogP contribution is -2.27. The maximum atomic E-state index is 11.4. The number of rotatable bonds is 5. The van der Waals surface area contributed by atoms with Crippen LogP contribution in [0.4, 0.5) is 5.69 Å². The molecule has 0 heterocycles. The summed E-state index contributed by atoms with van der Waals surface area (Å²) in [6, 6.07) is 7.22. The Morgan fingerprint density at radius 2 is 2.17 bits per heavy atom. The molecule has 0 unspecified atom stereocenters. The van der Waals surface area contributed by atoms with Gasteiger partial charge in [-0.1, -0.05) is 12.1 Å². The molecule has 5 nitrogen and oxygen atoms in total. The van der Waals surface area contributed by atoms with E-state index in [0.29, 0.717) is 12.2 Å². The highest BCUT2D eigenvalue weighted by molar-refractivity contribution is 5.92. The standard InChI is InChI=1S/C13H17N3O2/c1-15-12(17)7-8-16-13(18)6-5-10-3-2-4-11(14)9-10/h2-6,9H,7-8,14H2,1H3,(H,15,17)(H,16,18)/b6-5+. The molecular weight excluding hydrogens is 230 g/mol. The number of benzene rings is 1. The van der Waals surface area contributed by atoms with Crippen molar-refractivity contribution in [3.8, 4) is 0 Å². The molecule has 18 heavy (non-hydrogen) atoms. The summed E-state index contributed by atoms with van der Waals surface area (Å²) in [5, 5.41) is 5.10. The van der Waals surface area contributed by atoms with Gasteiger partial charge < -0.3 is 16.4 Å².